The Hall–Kier alpha value is -2.41. The Labute approximate surface area is 144 Å². The van der Waals surface area contributed by atoms with Crippen molar-refractivity contribution in [1.29, 1.82) is 0 Å². The molecular weight excluding hydrogens is 328 g/mol. The molecule has 24 heavy (non-hydrogen) atoms. The van der Waals surface area contributed by atoms with Crippen LogP contribution in [0, 0.1) is 0 Å². The Morgan fingerprint density at radius 1 is 1.29 bits per heavy atom. The van der Waals surface area contributed by atoms with Crippen LogP contribution in [0.5, 0.6) is 5.75 Å². The lowest BCUT2D eigenvalue weighted by Gasteiger charge is -2.19. The summed E-state index contributed by atoms with van der Waals surface area (Å²) in [6, 6.07) is 7.65. The Bertz CT molecular complexity index is 734. The Balaban J connectivity index is 1.92. The molecule has 0 aliphatic rings. The number of amides is 1. The number of hydrogen-bond acceptors (Lipinski definition) is 6. The van der Waals surface area contributed by atoms with Gasteiger partial charge in [0, 0.05) is 0 Å². The van der Waals surface area contributed by atoms with Gasteiger partial charge in [-0.2, -0.15) is 0 Å². The summed E-state index contributed by atoms with van der Waals surface area (Å²) < 4.78 is 10.1. The molecule has 0 atom stereocenters. The third-order valence-electron chi connectivity index (χ3n) is 3.21. The molecule has 128 valence electrons. The van der Waals surface area contributed by atoms with Crippen LogP contribution >= 0.6 is 11.3 Å². The molecule has 1 heterocycles. The number of benzene rings is 1. The number of thiazole rings is 1. The quantitative estimate of drug-likeness (QED) is 0.839. The van der Waals surface area contributed by atoms with Gasteiger partial charge in [-0.25, -0.2) is 9.78 Å². The highest BCUT2D eigenvalue weighted by molar-refractivity contribution is 7.17. The molecule has 6 nitrogen and oxygen atoms in total. The van der Waals surface area contributed by atoms with Crippen molar-refractivity contribution in [2.75, 3.05) is 19.0 Å². The van der Waals surface area contributed by atoms with E-state index < -0.39 is 5.97 Å². The van der Waals surface area contributed by atoms with Crippen molar-refractivity contribution in [3.05, 3.63) is 40.9 Å². The van der Waals surface area contributed by atoms with Crippen LogP contribution in [-0.2, 0) is 14.9 Å². The molecule has 1 N–H and O–H groups in total. The van der Waals surface area contributed by atoms with Crippen LogP contribution in [0.15, 0.2) is 30.5 Å². The normalized spacial score (nSPS) is 11.0. The minimum absolute atomic E-state index is 0.00675. The summed E-state index contributed by atoms with van der Waals surface area (Å²) in [5.74, 6) is -0.197. The van der Waals surface area contributed by atoms with E-state index in [0.29, 0.717) is 15.8 Å². The van der Waals surface area contributed by atoms with Gasteiger partial charge in [-0.05, 0) is 23.1 Å². The fourth-order valence-corrected chi connectivity index (χ4v) is 2.63. The van der Waals surface area contributed by atoms with Crippen LogP contribution in [0.3, 0.4) is 0 Å². The Kier molecular flexibility index (Phi) is 5.56. The van der Waals surface area contributed by atoms with Crippen LogP contribution in [0.1, 0.15) is 36.0 Å². The third kappa shape index (κ3) is 4.79. The van der Waals surface area contributed by atoms with E-state index in [0.717, 1.165) is 16.9 Å². The van der Waals surface area contributed by atoms with Crippen molar-refractivity contribution in [1.82, 2.24) is 4.98 Å². The van der Waals surface area contributed by atoms with E-state index in [9.17, 15) is 9.59 Å². The van der Waals surface area contributed by atoms with Gasteiger partial charge in [0.05, 0.1) is 13.3 Å². The van der Waals surface area contributed by atoms with Gasteiger partial charge < -0.3 is 9.47 Å². The average molecular weight is 348 g/mol. The van der Waals surface area contributed by atoms with Crippen LogP contribution in [-0.4, -0.2) is 30.6 Å². The number of anilines is 1. The first-order chi connectivity index (χ1) is 11.3. The molecule has 0 bridgehead atoms. The zero-order valence-electron chi connectivity index (χ0n) is 14.1. The topological polar surface area (TPSA) is 77.5 Å². The number of nitrogens with zero attached hydrogens (tertiary/aromatic N) is 1. The van der Waals surface area contributed by atoms with Gasteiger partial charge in [0.15, 0.2) is 11.7 Å². The van der Waals surface area contributed by atoms with Gasteiger partial charge in [-0.1, -0.05) is 44.2 Å². The van der Waals surface area contributed by atoms with Crippen LogP contribution in [0.4, 0.5) is 5.13 Å². The molecule has 0 fully saturated rings. The summed E-state index contributed by atoms with van der Waals surface area (Å²) in [6.07, 6.45) is 1.36. The number of nitrogens with one attached hydrogen (secondary N) is 1. The van der Waals surface area contributed by atoms with Crippen molar-refractivity contribution < 1.29 is 19.1 Å². The number of rotatable bonds is 5. The van der Waals surface area contributed by atoms with Crippen LogP contribution in [0.2, 0.25) is 0 Å². The highest BCUT2D eigenvalue weighted by atomic mass is 32.1. The summed E-state index contributed by atoms with van der Waals surface area (Å²) >= 11 is 1.05. The average Bonchev–Trinajstić information content (AvgIpc) is 3.00. The second kappa shape index (κ2) is 7.44. The first-order valence-corrected chi connectivity index (χ1v) is 8.18. The van der Waals surface area contributed by atoms with E-state index in [1.807, 2.05) is 18.2 Å². The van der Waals surface area contributed by atoms with Crippen molar-refractivity contribution in [2.24, 2.45) is 0 Å². The molecule has 0 radical (unpaired) electrons. The molecule has 1 aromatic heterocycles. The lowest BCUT2D eigenvalue weighted by atomic mass is 9.87. The van der Waals surface area contributed by atoms with Crippen molar-refractivity contribution >= 4 is 28.3 Å². The maximum atomic E-state index is 11.9. The summed E-state index contributed by atoms with van der Waals surface area (Å²) in [5.41, 5.74) is 1.13. The van der Waals surface area contributed by atoms with Gasteiger partial charge in [-0.3, -0.25) is 10.1 Å². The molecule has 0 saturated carbocycles. The Morgan fingerprint density at radius 2 is 2.04 bits per heavy atom. The van der Waals surface area contributed by atoms with E-state index in [4.69, 9.17) is 4.74 Å². The second-order valence-electron chi connectivity index (χ2n) is 6.14. The maximum absolute atomic E-state index is 11.9. The number of methoxy groups -OCH3 is 1. The molecule has 1 aromatic carbocycles. The smallest absolute Gasteiger partial charge is 0.349 e. The number of esters is 1. The predicted octanol–water partition coefficient (Wildman–Crippen LogP) is 3.24. The number of ether oxygens (including phenoxy) is 2. The number of carbonyl (C=O) groups is 2. The molecular formula is C17H20N2O4S. The Morgan fingerprint density at radius 3 is 2.71 bits per heavy atom. The SMILES string of the molecule is COC(=O)c1cnc(NC(=O)COc2cccc(C(C)(C)C)c2)s1. The van der Waals surface area contributed by atoms with Crippen molar-refractivity contribution in [3.63, 3.8) is 0 Å². The van der Waals surface area contributed by atoms with E-state index >= 15 is 0 Å². The zero-order valence-corrected chi connectivity index (χ0v) is 14.9. The molecule has 0 unspecified atom stereocenters. The zero-order chi connectivity index (χ0) is 17.7. The predicted molar refractivity (Wildman–Crippen MR) is 92.7 cm³/mol. The number of aromatic nitrogens is 1. The molecule has 2 rings (SSSR count). The first kappa shape index (κ1) is 17.9. The summed E-state index contributed by atoms with van der Waals surface area (Å²) in [5, 5.41) is 2.92. The van der Waals surface area contributed by atoms with Crippen molar-refractivity contribution in [2.45, 2.75) is 26.2 Å². The minimum Gasteiger partial charge on any atom is -0.484 e. The van der Waals surface area contributed by atoms with E-state index in [2.05, 4.69) is 35.8 Å². The highest BCUT2D eigenvalue weighted by Crippen LogP contribution is 2.25. The van der Waals surface area contributed by atoms with E-state index in [-0.39, 0.29) is 17.9 Å². The lowest BCUT2D eigenvalue weighted by Crippen LogP contribution is -2.20. The first-order valence-electron chi connectivity index (χ1n) is 7.37. The van der Waals surface area contributed by atoms with Gasteiger partial charge in [0.2, 0.25) is 0 Å². The lowest BCUT2D eigenvalue weighted by molar-refractivity contribution is -0.118. The van der Waals surface area contributed by atoms with E-state index in [1.54, 1.807) is 6.07 Å². The standard InChI is InChI=1S/C17H20N2O4S/c1-17(2,3)11-6-5-7-12(8-11)23-10-14(20)19-16-18-9-13(24-16)15(21)22-4/h5-9H,10H2,1-4H3,(H,18,19,20). The maximum Gasteiger partial charge on any atom is 0.349 e. The van der Waals surface area contributed by atoms with Gasteiger partial charge in [0.1, 0.15) is 10.6 Å². The van der Waals surface area contributed by atoms with E-state index in [1.165, 1.54) is 13.3 Å². The summed E-state index contributed by atoms with van der Waals surface area (Å²) in [4.78, 5) is 27.6. The number of hydrogen-bond donors (Lipinski definition) is 1. The molecule has 0 spiro atoms. The largest absolute Gasteiger partial charge is 0.484 e. The summed E-state index contributed by atoms with van der Waals surface area (Å²) in [6.45, 7) is 6.20. The molecule has 0 aliphatic carbocycles. The third-order valence-corrected chi connectivity index (χ3v) is 4.10. The summed E-state index contributed by atoms with van der Waals surface area (Å²) in [7, 11) is 1.29. The fraction of sp³-hybridized carbons (Fsp3) is 0.353. The molecule has 1 amide bonds. The molecule has 0 saturated heterocycles. The molecule has 0 aliphatic heterocycles. The molecule has 7 heteroatoms. The van der Waals surface area contributed by atoms with Gasteiger partial charge >= 0.3 is 5.97 Å². The number of carbonyl (C=O) groups excluding carboxylic acids is 2. The molecule has 2 aromatic rings. The monoisotopic (exact) mass is 348 g/mol. The van der Waals surface area contributed by atoms with Gasteiger partial charge in [-0.15, -0.1) is 0 Å². The van der Waals surface area contributed by atoms with Crippen LogP contribution < -0.4 is 10.1 Å². The van der Waals surface area contributed by atoms with Gasteiger partial charge in [0.25, 0.3) is 5.91 Å². The van der Waals surface area contributed by atoms with Crippen molar-refractivity contribution in [3.8, 4) is 5.75 Å². The fourth-order valence-electron chi connectivity index (χ4n) is 1.88. The minimum atomic E-state index is -0.483. The second-order valence-corrected chi connectivity index (χ2v) is 7.17. The highest BCUT2D eigenvalue weighted by Gasteiger charge is 2.15. The van der Waals surface area contributed by atoms with Crippen LogP contribution in [0.25, 0.3) is 0 Å².